The first-order valence-corrected chi connectivity index (χ1v) is 35.7. The van der Waals surface area contributed by atoms with Crippen LogP contribution in [0.2, 0.25) is 19.6 Å². The molecule has 0 rings (SSSR count). The fraction of sp³-hybridized carbons (Fsp3) is 1.00. The van der Waals surface area contributed by atoms with Crippen molar-refractivity contribution < 1.29 is 8.22 Å². The molecule has 0 spiro atoms. The first-order valence-electron chi connectivity index (χ1n) is 30.8. The second kappa shape index (κ2) is 52.6. The molecular formula is C60H129F2N3SSi. The molecule has 3 nitrogen and oxygen atoms in total. The third-order valence-electron chi connectivity index (χ3n) is 13.8. The van der Waals surface area contributed by atoms with E-state index >= 15 is 0 Å². The van der Waals surface area contributed by atoms with E-state index in [0.29, 0.717) is 0 Å². The number of hydrogen-bond acceptors (Lipinski definition) is 3. The van der Waals surface area contributed by atoms with Crippen LogP contribution >= 0.6 is 0 Å². The zero-order valence-electron chi connectivity index (χ0n) is 48.1. The number of nitrogens with zero attached hydrogens (tertiary/aromatic N) is 3. The van der Waals surface area contributed by atoms with Crippen molar-refractivity contribution in [1.82, 2.24) is 12.9 Å². The van der Waals surface area contributed by atoms with Gasteiger partial charge in [-0.2, -0.15) is 0 Å². The average Bonchev–Trinajstić information content (AvgIpc) is 3.27. The van der Waals surface area contributed by atoms with Gasteiger partial charge in [0.1, 0.15) is 0 Å². The Balaban J connectivity index is 0. The summed E-state index contributed by atoms with van der Waals surface area (Å²) in [5, 5.41) is 0. The van der Waals surface area contributed by atoms with Gasteiger partial charge in [-0.1, -0.05) is 323 Å². The summed E-state index contributed by atoms with van der Waals surface area (Å²) < 4.78 is 31.9. The number of unbranched alkanes of at least 4 members (excludes halogenated alkanes) is 45. The molecule has 0 aliphatic heterocycles. The quantitative estimate of drug-likeness (QED) is 0.0260. The van der Waals surface area contributed by atoms with Gasteiger partial charge in [-0.25, -0.2) is 0 Å². The van der Waals surface area contributed by atoms with Crippen LogP contribution in [0.5, 0.6) is 0 Å². The second-order valence-electron chi connectivity index (χ2n) is 22.9. The molecule has 0 aliphatic carbocycles. The molecule has 0 radical (unpaired) electrons. The predicted octanol–water partition coefficient (Wildman–Crippen LogP) is 22.1. The van der Waals surface area contributed by atoms with Crippen molar-refractivity contribution in [2.45, 2.75) is 349 Å². The first kappa shape index (κ1) is 69.4. The van der Waals surface area contributed by atoms with Crippen LogP contribution in [-0.4, -0.2) is 61.7 Å². The molecule has 0 atom stereocenters. The summed E-state index contributed by atoms with van der Waals surface area (Å²) in [6.45, 7) is 13.8. The Hall–Kier alpha value is 0.307. The Labute approximate surface area is 428 Å². The molecule has 0 aromatic heterocycles. The zero-order valence-corrected chi connectivity index (χ0v) is 49.9. The number of rotatable bonds is 54. The minimum absolute atomic E-state index is 0.0874. The molecule has 0 aromatic rings. The molecule has 0 amide bonds. The predicted molar refractivity (Wildman–Crippen MR) is 309 cm³/mol. The third kappa shape index (κ3) is 62.4. The van der Waals surface area contributed by atoms with Gasteiger partial charge in [-0.15, -0.1) is 0 Å². The number of halogens is 2. The fourth-order valence-electron chi connectivity index (χ4n) is 9.61. The van der Waals surface area contributed by atoms with E-state index in [1.807, 2.05) is 0 Å². The molecule has 0 saturated heterocycles. The Bertz CT molecular complexity index is 816. The summed E-state index contributed by atoms with van der Waals surface area (Å²) in [4.78, 5) is 0. The Morgan fingerprint density at radius 3 is 0.463 bits per heavy atom. The van der Waals surface area contributed by atoms with Crippen LogP contribution in [-0.2, 0) is 11.5 Å². The molecule has 0 fully saturated rings. The summed E-state index contributed by atoms with van der Waals surface area (Å²) >= 11 is 0.0874. The minimum atomic E-state index is -4.25. The van der Waals surface area contributed by atoms with E-state index in [1.165, 1.54) is 328 Å². The summed E-state index contributed by atoms with van der Waals surface area (Å²) in [6, 6.07) is 0. The molecule has 0 aliphatic rings. The summed E-state index contributed by atoms with van der Waals surface area (Å²) in [5.74, 6) is 0. The Kier molecular flexibility index (Phi) is 54.5. The molecule has 67 heavy (non-hydrogen) atoms. The molecule has 0 aromatic carbocycles. The van der Waals surface area contributed by atoms with Crippen LogP contribution in [0.3, 0.4) is 0 Å². The molecule has 408 valence electrons. The molecule has 0 heterocycles. The van der Waals surface area contributed by atoms with Crippen LogP contribution in [0.25, 0.3) is 0 Å². The maximum absolute atomic E-state index is 11.9. The Morgan fingerprint density at radius 1 is 0.239 bits per heavy atom. The van der Waals surface area contributed by atoms with E-state index in [2.05, 4.69) is 54.8 Å². The van der Waals surface area contributed by atoms with Crippen LogP contribution < -0.4 is 0 Å². The molecule has 0 saturated carbocycles. The van der Waals surface area contributed by atoms with Crippen molar-refractivity contribution >= 4 is 19.5 Å². The van der Waals surface area contributed by atoms with Gasteiger partial charge in [0.2, 0.25) is 0 Å². The Morgan fingerprint density at radius 2 is 0.343 bits per heavy atom. The fourth-order valence-corrected chi connectivity index (χ4v) is 11.9. The van der Waals surface area contributed by atoms with E-state index in [9.17, 15) is 8.22 Å². The van der Waals surface area contributed by atoms with Crippen molar-refractivity contribution in [3.05, 3.63) is 0 Å². The topological polar surface area (TPSA) is 9.72 Å². The van der Waals surface area contributed by atoms with Crippen molar-refractivity contribution in [3.8, 4) is 0 Å². The van der Waals surface area contributed by atoms with Crippen LogP contribution in [0.15, 0.2) is 0 Å². The van der Waals surface area contributed by atoms with E-state index in [4.69, 9.17) is 0 Å². The molecule has 0 bridgehead atoms. The van der Waals surface area contributed by atoms with Crippen LogP contribution in [0.4, 0.5) is 8.22 Å². The van der Waals surface area contributed by atoms with Crippen molar-refractivity contribution in [2.75, 3.05) is 40.8 Å². The number of hydrogen-bond donors (Lipinski definition) is 0. The van der Waals surface area contributed by atoms with Gasteiger partial charge in [0, 0.05) is 40.8 Å². The van der Waals surface area contributed by atoms with Crippen molar-refractivity contribution in [3.63, 3.8) is 0 Å². The van der Waals surface area contributed by atoms with E-state index in [1.54, 1.807) is 0 Å². The summed E-state index contributed by atoms with van der Waals surface area (Å²) in [6.07, 6.45) is 69.5. The molecule has 7 heteroatoms. The molecule has 0 N–H and O–H groups in total. The van der Waals surface area contributed by atoms with Gasteiger partial charge in [0.15, 0.2) is 0 Å². The van der Waals surface area contributed by atoms with Crippen LogP contribution in [0.1, 0.15) is 329 Å². The van der Waals surface area contributed by atoms with Crippen molar-refractivity contribution in [1.29, 1.82) is 0 Å². The standard InChI is InChI=1S/C57H120N3S.C3H9F2Si/c1-7-10-13-16-19-22-25-28-31-34-37-40-43-46-49-52-55-58(4)61(59(5)56-53-50-47-44-41-38-35-32-29-26-23-20-17-14-11-8-2)60(6)57-54-51-48-45-42-39-36-33-30-27-24-21-18-15-12-9-3;1-6(2,3,4)5/h7-57H2,1-6H3;1-3H3/q+1;-1. The van der Waals surface area contributed by atoms with Crippen LogP contribution in [0, 0.1) is 0 Å². The van der Waals surface area contributed by atoms with Gasteiger partial charge < -0.3 is 0 Å². The van der Waals surface area contributed by atoms with Gasteiger partial charge in [0.25, 0.3) is 11.5 Å². The van der Waals surface area contributed by atoms with E-state index in [0.717, 1.165) is 19.6 Å². The SMILES string of the molecule is CCCCCCCCCCCCCCCCCCN(C)[S+](N(C)CCCCCCCCCCCCCCCCCC)N(C)CCCCCCCCCCCCCCCCCC.C[Si-](C)(C)(F)F. The normalized spacial score (nSPS) is 12.7. The second-order valence-corrected chi connectivity index (χ2v) is 30.7. The molecule has 0 unspecified atom stereocenters. The van der Waals surface area contributed by atoms with E-state index < -0.39 is 8.02 Å². The molecular weight excluding hydrogens is 861 g/mol. The monoisotopic (exact) mass is 990 g/mol. The maximum atomic E-state index is 11.9. The van der Waals surface area contributed by atoms with Gasteiger partial charge >= 0.3 is 35.9 Å². The van der Waals surface area contributed by atoms with Gasteiger partial charge in [-0.05, 0) is 19.3 Å². The van der Waals surface area contributed by atoms with Gasteiger partial charge in [-0.3, -0.25) is 0 Å². The summed E-state index contributed by atoms with van der Waals surface area (Å²) in [7, 11) is 3.05. The van der Waals surface area contributed by atoms with Gasteiger partial charge in [0.05, 0.1) is 0 Å². The third-order valence-corrected chi connectivity index (χ3v) is 16.0. The zero-order chi connectivity index (χ0) is 49.8. The summed E-state index contributed by atoms with van der Waals surface area (Å²) in [5.41, 5.74) is 0. The van der Waals surface area contributed by atoms with E-state index in [-0.39, 0.29) is 11.5 Å². The van der Waals surface area contributed by atoms with Crippen molar-refractivity contribution in [2.24, 2.45) is 0 Å². The first-order chi connectivity index (χ1) is 32.3. The average molecular weight is 991 g/mol.